The number of carbonyl (C=O) groups is 1. The van der Waals surface area contributed by atoms with Crippen molar-refractivity contribution in [2.75, 3.05) is 19.6 Å². The lowest BCUT2D eigenvalue weighted by Crippen LogP contribution is -2.48. The number of aryl methyl sites for hydroxylation is 1. The van der Waals surface area contributed by atoms with Crippen LogP contribution in [0.1, 0.15) is 27.8 Å². The van der Waals surface area contributed by atoms with E-state index in [1.807, 2.05) is 36.4 Å². The Hall–Kier alpha value is -2.73. The maximum Gasteiger partial charge on any atom is 0.277 e. The van der Waals surface area contributed by atoms with E-state index in [2.05, 4.69) is 10.3 Å². The van der Waals surface area contributed by atoms with Crippen LogP contribution in [0.25, 0.3) is 5.65 Å². The number of hydrogen-bond donors (Lipinski definition) is 1. The fraction of sp³-hybridized carbons (Fsp3) is 0.263. The van der Waals surface area contributed by atoms with Gasteiger partial charge in [-0.25, -0.2) is 4.98 Å². The predicted molar refractivity (Wildman–Crippen MR) is 93.0 cm³/mol. The van der Waals surface area contributed by atoms with Crippen molar-refractivity contribution in [3.05, 3.63) is 71.4 Å². The molecule has 0 radical (unpaired) electrons. The number of rotatable bonds is 2. The molecule has 1 amide bonds. The normalized spacial score (nSPS) is 17.8. The van der Waals surface area contributed by atoms with Crippen LogP contribution in [0, 0.1) is 12.9 Å². The molecule has 1 N–H and O–H groups in total. The summed E-state index contributed by atoms with van der Waals surface area (Å²) in [5.74, 6) is -0.948. The Morgan fingerprint density at radius 3 is 2.76 bits per heavy atom. The second-order valence-electron chi connectivity index (χ2n) is 6.28. The van der Waals surface area contributed by atoms with E-state index in [4.69, 9.17) is 0 Å². The smallest absolute Gasteiger partial charge is 0.277 e. The van der Waals surface area contributed by atoms with E-state index in [0.717, 1.165) is 5.56 Å². The monoisotopic (exact) mass is 338 g/mol. The minimum absolute atomic E-state index is 0.0423. The Balaban J connectivity index is 1.63. The Kier molecular flexibility index (Phi) is 3.97. The Labute approximate surface area is 145 Å². The standard InChI is InChI=1S/C19H19FN4O/c1-13-6-5-9-16-22-17(18(20)24(13)16)19(25)23-11-10-21-15(12-23)14-7-3-2-4-8-14/h2-9,15,21H,10-12H2,1H3/t15-/m0/s1. The number of carbonyl (C=O) groups excluding carboxylic acids is 1. The molecule has 4 rings (SSSR count). The predicted octanol–water partition coefficient (Wildman–Crippen LogP) is 2.57. The summed E-state index contributed by atoms with van der Waals surface area (Å²) in [6.45, 7) is 3.49. The maximum absolute atomic E-state index is 14.8. The zero-order valence-electron chi connectivity index (χ0n) is 13.9. The van der Waals surface area contributed by atoms with E-state index in [0.29, 0.717) is 31.0 Å². The third-order valence-corrected chi connectivity index (χ3v) is 4.65. The molecule has 6 heteroatoms. The molecule has 3 aromatic rings. The molecule has 1 aliphatic rings. The van der Waals surface area contributed by atoms with Gasteiger partial charge in [0.2, 0.25) is 5.95 Å². The highest BCUT2D eigenvalue weighted by Gasteiger charge is 2.29. The number of piperazine rings is 1. The number of fused-ring (bicyclic) bond motifs is 1. The number of amides is 1. The summed E-state index contributed by atoms with van der Waals surface area (Å²) in [5.41, 5.74) is 2.17. The van der Waals surface area contributed by atoms with Crippen LogP contribution in [-0.4, -0.2) is 39.8 Å². The van der Waals surface area contributed by atoms with Gasteiger partial charge < -0.3 is 10.2 Å². The van der Waals surface area contributed by atoms with Gasteiger partial charge in [0.15, 0.2) is 5.69 Å². The molecule has 1 fully saturated rings. The number of nitrogens with one attached hydrogen (secondary N) is 1. The fourth-order valence-electron chi connectivity index (χ4n) is 3.34. The van der Waals surface area contributed by atoms with Crippen LogP contribution < -0.4 is 5.32 Å². The van der Waals surface area contributed by atoms with Crippen LogP contribution in [0.5, 0.6) is 0 Å². The lowest BCUT2D eigenvalue weighted by atomic mass is 10.0. The molecule has 2 aromatic heterocycles. The number of aromatic nitrogens is 2. The largest absolute Gasteiger partial charge is 0.334 e. The molecule has 3 heterocycles. The van der Waals surface area contributed by atoms with Crippen LogP contribution >= 0.6 is 0 Å². The first-order valence-electron chi connectivity index (χ1n) is 8.36. The van der Waals surface area contributed by atoms with E-state index in [9.17, 15) is 9.18 Å². The van der Waals surface area contributed by atoms with E-state index in [1.165, 1.54) is 4.40 Å². The van der Waals surface area contributed by atoms with Gasteiger partial charge >= 0.3 is 0 Å². The van der Waals surface area contributed by atoms with Gasteiger partial charge in [-0.3, -0.25) is 9.20 Å². The van der Waals surface area contributed by atoms with Crippen LogP contribution in [0.2, 0.25) is 0 Å². The number of pyridine rings is 1. The summed E-state index contributed by atoms with van der Waals surface area (Å²) in [6.07, 6.45) is 0. The quantitative estimate of drug-likeness (QED) is 0.781. The summed E-state index contributed by atoms with van der Waals surface area (Å²) in [7, 11) is 0. The maximum atomic E-state index is 14.8. The Bertz CT molecular complexity index is 922. The summed E-state index contributed by atoms with van der Waals surface area (Å²) >= 11 is 0. The summed E-state index contributed by atoms with van der Waals surface area (Å²) in [4.78, 5) is 18.8. The van der Waals surface area contributed by atoms with Gasteiger partial charge in [-0.05, 0) is 24.6 Å². The third-order valence-electron chi connectivity index (χ3n) is 4.65. The second-order valence-corrected chi connectivity index (χ2v) is 6.28. The highest BCUT2D eigenvalue weighted by molar-refractivity contribution is 5.93. The average molecular weight is 338 g/mol. The van der Waals surface area contributed by atoms with Crippen LogP contribution in [-0.2, 0) is 0 Å². The van der Waals surface area contributed by atoms with Gasteiger partial charge in [-0.2, -0.15) is 4.39 Å². The molecule has 25 heavy (non-hydrogen) atoms. The number of hydrogen-bond acceptors (Lipinski definition) is 3. The minimum atomic E-state index is -0.590. The van der Waals surface area contributed by atoms with Crippen molar-refractivity contribution in [3.63, 3.8) is 0 Å². The molecule has 1 saturated heterocycles. The third kappa shape index (κ3) is 2.78. The fourth-order valence-corrected chi connectivity index (χ4v) is 3.34. The Morgan fingerprint density at radius 1 is 1.20 bits per heavy atom. The molecule has 1 atom stereocenters. The first-order chi connectivity index (χ1) is 12.1. The van der Waals surface area contributed by atoms with Gasteiger partial charge in [0.05, 0.1) is 0 Å². The number of benzene rings is 1. The van der Waals surface area contributed by atoms with Crippen molar-refractivity contribution in [2.45, 2.75) is 13.0 Å². The Morgan fingerprint density at radius 2 is 2.00 bits per heavy atom. The molecular weight excluding hydrogens is 319 g/mol. The van der Waals surface area contributed by atoms with Crippen molar-refractivity contribution >= 4 is 11.6 Å². The molecule has 1 aromatic carbocycles. The first kappa shape index (κ1) is 15.8. The van der Waals surface area contributed by atoms with E-state index < -0.39 is 5.95 Å². The lowest BCUT2D eigenvalue weighted by molar-refractivity contribution is 0.0692. The number of nitrogens with zero attached hydrogens (tertiary/aromatic N) is 3. The molecule has 0 saturated carbocycles. The van der Waals surface area contributed by atoms with Gasteiger partial charge in [0, 0.05) is 31.4 Å². The van der Waals surface area contributed by atoms with Crippen molar-refractivity contribution < 1.29 is 9.18 Å². The molecule has 0 unspecified atom stereocenters. The molecule has 128 valence electrons. The molecular formula is C19H19FN4O. The van der Waals surface area contributed by atoms with E-state index in [1.54, 1.807) is 24.0 Å². The summed E-state index contributed by atoms with van der Waals surface area (Å²) < 4.78 is 16.1. The summed E-state index contributed by atoms with van der Waals surface area (Å²) in [5, 5.41) is 3.41. The molecule has 0 spiro atoms. The molecule has 0 aliphatic carbocycles. The van der Waals surface area contributed by atoms with Crippen molar-refractivity contribution in [1.82, 2.24) is 19.6 Å². The van der Waals surface area contributed by atoms with Crippen molar-refractivity contribution in [3.8, 4) is 0 Å². The summed E-state index contributed by atoms with van der Waals surface area (Å²) in [6, 6.07) is 15.3. The highest BCUT2D eigenvalue weighted by atomic mass is 19.1. The van der Waals surface area contributed by atoms with Crippen LogP contribution in [0.3, 0.4) is 0 Å². The van der Waals surface area contributed by atoms with Crippen molar-refractivity contribution in [1.29, 1.82) is 0 Å². The number of halogens is 1. The highest BCUT2D eigenvalue weighted by Crippen LogP contribution is 2.20. The topological polar surface area (TPSA) is 49.6 Å². The molecule has 1 aliphatic heterocycles. The minimum Gasteiger partial charge on any atom is -0.334 e. The first-order valence-corrected chi connectivity index (χ1v) is 8.36. The molecule has 0 bridgehead atoms. The second kappa shape index (κ2) is 6.29. The zero-order chi connectivity index (χ0) is 17.4. The van der Waals surface area contributed by atoms with E-state index >= 15 is 0 Å². The zero-order valence-corrected chi connectivity index (χ0v) is 13.9. The van der Waals surface area contributed by atoms with Gasteiger partial charge in [0.25, 0.3) is 5.91 Å². The molecule has 5 nitrogen and oxygen atoms in total. The van der Waals surface area contributed by atoms with Crippen molar-refractivity contribution in [2.24, 2.45) is 0 Å². The lowest BCUT2D eigenvalue weighted by Gasteiger charge is -2.33. The van der Waals surface area contributed by atoms with Crippen LogP contribution in [0.4, 0.5) is 4.39 Å². The van der Waals surface area contributed by atoms with Gasteiger partial charge in [-0.15, -0.1) is 0 Å². The average Bonchev–Trinajstić information content (AvgIpc) is 3.00. The van der Waals surface area contributed by atoms with E-state index in [-0.39, 0.29) is 17.6 Å². The van der Waals surface area contributed by atoms with Gasteiger partial charge in [-0.1, -0.05) is 36.4 Å². The van der Waals surface area contributed by atoms with Crippen LogP contribution in [0.15, 0.2) is 48.5 Å². The SMILES string of the molecule is Cc1cccc2nc(C(=O)N3CCN[C@H](c4ccccc4)C3)c(F)n12. The number of imidazole rings is 1. The van der Waals surface area contributed by atoms with Gasteiger partial charge in [0.1, 0.15) is 5.65 Å².